The number of hydrogen-bond acceptors (Lipinski definition) is 6. The number of methoxy groups -OCH3 is 2. The molecule has 0 saturated carbocycles. The van der Waals surface area contributed by atoms with Crippen LogP contribution in [0.25, 0.3) is 5.76 Å². The molecule has 2 aromatic rings. The van der Waals surface area contributed by atoms with Gasteiger partial charge in [0, 0.05) is 5.56 Å². The van der Waals surface area contributed by atoms with Gasteiger partial charge in [-0.25, -0.2) is 4.79 Å². The van der Waals surface area contributed by atoms with Gasteiger partial charge in [0.1, 0.15) is 18.0 Å². The molecule has 6 nitrogen and oxygen atoms in total. The first-order chi connectivity index (χ1) is 12.5. The highest BCUT2D eigenvalue weighted by atomic mass is 16.5. The van der Waals surface area contributed by atoms with Crippen molar-refractivity contribution in [1.82, 2.24) is 0 Å². The summed E-state index contributed by atoms with van der Waals surface area (Å²) >= 11 is 0. The molecule has 0 aromatic heterocycles. The van der Waals surface area contributed by atoms with Crippen LogP contribution in [0, 0.1) is 5.92 Å². The fourth-order valence-electron chi connectivity index (χ4n) is 3.84. The van der Waals surface area contributed by atoms with Crippen molar-refractivity contribution < 1.29 is 29.2 Å². The summed E-state index contributed by atoms with van der Waals surface area (Å²) < 4.78 is 15.8. The zero-order chi connectivity index (χ0) is 18.5. The molecule has 2 N–H and O–H groups in total. The molecule has 0 amide bonds. The van der Waals surface area contributed by atoms with Gasteiger partial charge in [-0.3, -0.25) is 0 Å². The van der Waals surface area contributed by atoms with Crippen molar-refractivity contribution in [2.45, 2.75) is 5.60 Å². The molecule has 1 heterocycles. The van der Waals surface area contributed by atoms with Gasteiger partial charge in [0.2, 0.25) is 0 Å². The third-order valence-electron chi connectivity index (χ3n) is 5.13. The summed E-state index contributed by atoms with van der Waals surface area (Å²) in [5.74, 6) is -0.482. The van der Waals surface area contributed by atoms with Crippen LogP contribution in [0.4, 0.5) is 0 Å². The van der Waals surface area contributed by atoms with Gasteiger partial charge < -0.3 is 24.4 Å². The third kappa shape index (κ3) is 2.05. The van der Waals surface area contributed by atoms with E-state index in [1.165, 1.54) is 14.2 Å². The summed E-state index contributed by atoms with van der Waals surface area (Å²) in [5, 5.41) is 22.4. The Morgan fingerprint density at radius 1 is 1.12 bits per heavy atom. The molecule has 2 aromatic carbocycles. The van der Waals surface area contributed by atoms with E-state index >= 15 is 0 Å². The summed E-state index contributed by atoms with van der Waals surface area (Å²) in [6, 6.07) is 12.0. The van der Waals surface area contributed by atoms with Crippen LogP contribution in [0.3, 0.4) is 0 Å². The summed E-state index contributed by atoms with van der Waals surface area (Å²) in [6.45, 7) is -0.0165. The maximum Gasteiger partial charge on any atom is 0.338 e. The minimum Gasteiger partial charge on any atom is -0.507 e. The Kier molecular flexibility index (Phi) is 3.66. The van der Waals surface area contributed by atoms with E-state index < -0.39 is 17.5 Å². The second kappa shape index (κ2) is 5.78. The zero-order valence-corrected chi connectivity index (χ0v) is 14.4. The number of rotatable bonds is 3. The van der Waals surface area contributed by atoms with E-state index in [4.69, 9.17) is 14.2 Å². The summed E-state index contributed by atoms with van der Waals surface area (Å²) in [4.78, 5) is 12.2. The number of hydrogen-bond donors (Lipinski definition) is 2. The van der Waals surface area contributed by atoms with Crippen LogP contribution >= 0.6 is 0 Å². The number of benzene rings is 2. The van der Waals surface area contributed by atoms with Crippen LogP contribution in [-0.2, 0) is 15.1 Å². The van der Waals surface area contributed by atoms with Gasteiger partial charge in [-0.05, 0) is 23.3 Å². The van der Waals surface area contributed by atoms with Crippen molar-refractivity contribution in [3.8, 4) is 11.5 Å². The van der Waals surface area contributed by atoms with Crippen molar-refractivity contribution in [2.24, 2.45) is 5.92 Å². The summed E-state index contributed by atoms with van der Waals surface area (Å²) in [7, 11) is 3.05. The number of fused-ring (bicyclic) bond motifs is 2. The third-order valence-corrected chi connectivity index (χ3v) is 5.13. The van der Waals surface area contributed by atoms with Gasteiger partial charge in [-0.15, -0.1) is 0 Å². The van der Waals surface area contributed by atoms with E-state index in [9.17, 15) is 15.0 Å². The monoisotopic (exact) mass is 354 g/mol. The lowest BCUT2D eigenvalue weighted by molar-refractivity contribution is -0.135. The molecule has 2 aliphatic rings. The molecule has 4 rings (SSSR count). The fraction of sp³-hybridized carbons (Fsp3) is 0.250. The van der Waals surface area contributed by atoms with Gasteiger partial charge in [-0.1, -0.05) is 30.3 Å². The van der Waals surface area contributed by atoms with Gasteiger partial charge in [0.05, 0.1) is 25.7 Å². The topological polar surface area (TPSA) is 85.2 Å². The number of ether oxygens (including phenoxy) is 3. The Morgan fingerprint density at radius 2 is 1.85 bits per heavy atom. The number of aliphatic hydroxyl groups is 2. The highest BCUT2D eigenvalue weighted by molar-refractivity contribution is 6.00. The average molecular weight is 354 g/mol. The molecular weight excluding hydrogens is 336 g/mol. The van der Waals surface area contributed by atoms with Crippen LogP contribution < -0.4 is 9.47 Å². The molecule has 6 heteroatoms. The molecule has 0 bridgehead atoms. The van der Waals surface area contributed by atoms with E-state index in [-0.39, 0.29) is 17.9 Å². The largest absolute Gasteiger partial charge is 0.507 e. The normalized spacial score (nSPS) is 24.0. The number of aliphatic hydroxyl groups excluding tert-OH is 1. The number of carbonyl (C=O) groups excluding carboxylic acids is 1. The van der Waals surface area contributed by atoms with Crippen LogP contribution in [0.15, 0.2) is 48.0 Å². The number of cyclic esters (lactones) is 1. The summed E-state index contributed by atoms with van der Waals surface area (Å²) in [5.41, 5.74) is -0.00677. The average Bonchev–Trinajstić information content (AvgIpc) is 3.08. The van der Waals surface area contributed by atoms with Crippen LogP contribution in [0.1, 0.15) is 16.7 Å². The maximum absolute atomic E-state index is 12.2. The zero-order valence-electron chi connectivity index (χ0n) is 14.4. The Hall–Kier alpha value is -2.99. The van der Waals surface area contributed by atoms with Crippen molar-refractivity contribution >= 4 is 11.7 Å². The van der Waals surface area contributed by atoms with E-state index in [1.54, 1.807) is 42.5 Å². The molecule has 2 atom stereocenters. The highest BCUT2D eigenvalue weighted by Crippen LogP contribution is 2.51. The van der Waals surface area contributed by atoms with Crippen LogP contribution in [0.2, 0.25) is 0 Å². The minimum absolute atomic E-state index is 0.0165. The molecule has 1 aliphatic carbocycles. The quantitative estimate of drug-likeness (QED) is 0.824. The SMILES string of the molecule is COc1ccc(C2(O)c3ccccc3C(O)=C3C(=O)OCC32)cc1OC. The molecule has 0 radical (unpaired) electrons. The first-order valence-electron chi connectivity index (χ1n) is 8.17. The van der Waals surface area contributed by atoms with Crippen molar-refractivity contribution in [3.05, 3.63) is 64.7 Å². The maximum atomic E-state index is 12.2. The van der Waals surface area contributed by atoms with Gasteiger partial charge in [0.15, 0.2) is 11.5 Å². The Morgan fingerprint density at radius 3 is 2.58 bits per heavy atom. The first-order valence-corrected chi connectivity index (χ1v) is 8.17. The minimum atomic E-state index is -1.55. The summed E-state index contributed by atoms with van der Waals surface area (Å²) in [6.07, 6.45) is 0. The standard InChI is InChI=1S/C20H18O6/c1-24-15-8-7-11(9-16(15)25-2)20(23)13-6-4-3-5-12(13)18(21)17-14(20)10-26-19(17)22/h3-9,14,21,23H,10H2,1-2H3. The van der Waals surface area contributed by atoms with Crippen molar-refractivity contribution in [2.75, 3.05) is 20.8 Å². The van der Waals surface area contributed by atoms with E-state index in [0.717, 1.165) is 0 Å². The predicted octanol–water partition coefficient (Wildman–Crippen LogP) is 2.40. The lowest BCUT2D eigenvalue weighted by atomic mass is 9.68. The van der Waals surface area contributed by atoms with Crippen LogP contribution in [-0.4, -0.2) is 37.0 Å². The molecule has 26 heavy (non-hydrogen) atoms. The Balaban J connectivity index is 1.99. The van der Waals surface area contributed by atoms with E-state index in [0.29, 0.717) is 28.2 Å². The van der Waals surface area contributed by atoms with E-state index in [1.807, 2.05) is 0 Å². The number of carbonyl (C=O) groups is 1. The first kappa shape index (κ1) is 16.5. The lowest BCUT2D eigenvalue weighted by Crippen LogP contribution is -2.41. The van der Waals surface area contributed by atoms with Crippen molar-refractivity contribution in [1.29, 1.82) is 0 Å². The predicted molar refractivity (Wildman–Crippen MR) is 93.0 cm³/mol. The second-order valence-corrected chi connectivity index (χ2v) is 6.30. The van der Waals surface area contributed by atoms with Gasteiger partial charge in [-0.2, -0.15) is 0 Å². The Bertz CT molecular complexity index is 932. The molecule has 1 fully saturated rings. The van der Waals surface area contributed by atoms with E-state index in [2.05, 4.69) is 0 Å². The molecular formula is C20H18O6. The second-order valence-electron chi connectivity index (χ2n) is 6.30. The fourth-order valence-corrected chi connectivity index (χ4v) is 3.84. The number of esters is 1. The highest BCUT2D eigenvalue weighted by Gasteiger charge is 2.54. The lowest BCUT2D eigenvalue weighted by Gasteiger charge is -2.39. The Labute approximate surface area is 150 Å². The molecule has 0 spiro atoms. The molecule has 134 valence electrons. The smallest absolute Gasteiger partial charge is 0.338 e. The van der Waals surface area contributed by atoms with Crippen LogP contribution in [0.5, 0.6) is 11.5 Å². The molecule has 1 saturated heterocycles. The molecule has 1 aliphatic heterocycles. The van der Waals surface area contributed by atoms with Crippen molar-refractivity contribution in [3.63, 3.8) is 0 Å². The van der Waals surface area contributed by atoms with Gasteiger partial charge >= 0.3 is 5.97 Å². The molecule has 2 unspecified atom stereocenters. The van der Waals surface area contributed by atoms with Gasteiger partial charge in [0.25, 0.3) is 0 Å².